The van der Waals surface area contributed by atoms with Gasteiger partial charge in [0.15, 0.2) is 0 Å². The number of rotatable bonds is 0. The van der Waals surface area contributed by atoms with E-state index in [0.29, 0.717) is 0 Å². The summed E-state index contributed by atoms with van der Waals surface area (Å²) in [5, 5.41) is 18.3. The van der Waals surface area contributed by atoms with Crippen LogP contribution in [-0.4, -0.2) is 22.4 Å². The first-order chi connectivity index (χ1) is 4.20. The van der Waals surface area contributed by atoms with Gasteiger partial charge in [0, 0.05) is 0 Å². The molecule has 1 aliphatic carbocycles. The zero-order valence-corrected chi connectivity index (χ0v) is 5.75. The molecule has 0 aromatic carbocycles. The van der Waals surface area contributed by atoms with Crippen LogP contribution in [0.2, 0.25) is 0 Å². The summed E-state index contributed by atoms with van der Waals surface area (Å²) in [5.74, 6) is 0.286. The van der Waals surface area contributed by atoms with Gasteiger partial charge in [0.1, 0.15) is 0 Å². The molecule has 0 bridgehead atoms. The van der Waals surface area contributed by atoms with Crippen LogP contribution < -0.4 is 0 Å². The van der Waals surface area contributed by atoms with Crippen molar-refractivity contribution in [3.63, 3.8) is 0 Å². The fourth-order valence-corrected chi connectivity index (χ4v) is 1.35. The lowest BCUT2D eigenvalue weighted by atomic mass is 9.86. The largest absolute Gasteiger partial charge is 0.393 e. The van der Waals surface area contributed by atoms with Gasteiger partial charge in [0.2, 0.25) is 0 Å². The summed E-state index contributed by atoms with van der Waals surface area (Å²) in [7, 11) is 0. The van der Waals surface area contributed by atoms with Crippen LogP contribution in [0.25, 0.3) is 0 Å². The van der Waals surface area contributed by atoms with Gasteiger partial charge >= 0.3 is 0 Å². The van der Waals surface area contributed by atoms with E-state index in [1.54, 1.807) is 0 Å². The van der Waals surface area contributed by atoms with Gasteiger partial charge in [-0.3, -0.25) is 0 Å². The van der Waals surface area contributed by atoms with Gasteiger partial charge in [0.25, 0.3) is 0 Å². The van der Waals surface area contributed by atoms with Crippen molar-refractivity contribution in [1.82, 2.24) is 0 Å². The van der Waals surface area contributed by atoms with Crippen LogP contribution in [0.15, 0.2) is 0 Å². The summed E-state index contributed by atoms with van der Waals surface area (Å²) in [6, 6.07) is 0. The normalized spacial score (nSPS) is 45.0. The molecule has 0 spiro atoms. The maximum atomic E-state index is 9.18. The Bertz CT molecular complexity index is 92.9. The third-order valence-corrected chi connectivity index (χ3v) is 2.10. The van der Waals surface area contributed by atoms with Crippen LogP contribution in [-0.2, 0) is 0 Å². The van der Waals surface area contributed by atoms with Crippen LogP contribution in [0.4, 0.5) is 0 Å². The van der Waals surface area contributed by atoms with Crippen molar-refractivity contribution in [3.8, 4) is 0 Å². The molecule has 54 valence electrons. The van der Waals surface area contributed by atoms with Crippen LogP contribution in [0.3, 0.4) is 0 Å². The lowest BCUT2D eigenvalue weighted by Crippen LogP contribution is -2.29. The van der Waals surface area contributed by atoms with E-state index in [4.69, 9.17) is 5.11 Å². The minimum Gasteiger partial charge on any atom is -0.393 e. The zero-order chi connectivity index (χ0) is 6.85. The quantitative estimate of drug-likeness (QED) is 0.502. The molecular weight excluding hydrogens is 116 g/mol. The van der Waals surface area contributed by atoms with E-state index in [2.05, 4.69) is 0 Å². The highest BCUT2D eigenvalue weighted by Crippen LogP contribution is 2.23. The van der Waals surface area contributed by atoms with Crippen LogP contribution in [0.5, 0.6) is 0 Å². The minimum absolute atomic E-state index is 0.164. The van der Waals surface area contributed by atoms with Gasteiger partial charge < -0.3 is 10.2 Å². The van der Waals surface area contributed by atoms with Crippen molar-refractivity contribution in [2.45, 2.75) is 38.4 Å². The Morgan fingerprint density at radius 1 is 1.22 bits per heavy atom. The summed E-state index contributed by atoms with van der Waals surface area (Å²) in [6.07, 6.45) is 1.96. The minimum atomic E-state index is -0.173. The summed E-state index contributed by atoms with van der Waals surface area (Å²) in [6.45, 7) is 1.98. The standard InChI is InChI=1S/C7H14O2/c1-5-4-6(8)2-3-7(5)9/h5-9H,2-4H2,1H3/t5-,6-,7-/m1/s1. The lowest BCUT2D eigenvalue weighted by molar-refractivity contribution is 0.0142. The number of hydrogen-bond acceptors (Lipinski definition) is 2. The molecule has 1 fully saturated rings. The molecule has 0 radical (unpaired) electrons. The van der Waals surface area contributed by atoms with Crippen LogP contribution in [0.1, 0.15) is 26.2 Å². The molecule has 0 amide bonds. The SMILES string of the molecule is C[C@@H]1C[C@H](O)CC[C@H]1O. The molecule has 0 heterocycles. The highest BCUT2D eigenvalue weighted by Gasteiger charge is 2.23. The summed E-state index contributed by atoms with van der Waals surface area (Å²) < 4.78 is 0. The van der Waals surface area contributed by atoms with E-state index < -0.39 is 0 Å². The maximum Gasteiger partial charge on any atom is 0.0567 e. The monoisotopic (exact) mass is 130 g/mol. The van der Waals surface area contributed by atoms with Crippen molar-refractivity contribution in [3.05, 3.63) is 0 Å². The van der Waals surface area contributed by atoms with Gasteiger partial charge in [-0.2, -0.15) is 0 Å². The Morgan fingerprint density at radius 2 is 1.89 bits per heavy atom. The average molecular weight is 130 g/mol. The number of aliphatic hydroxyl groups excluding tert-OH is 2. The summed E-state index contributed by atoms with van der Waals surface area (Å²) >= 11 is 0. The van der Waals surface area contributed by atoms with Gasteiger partial charge in [-0.1, -0.05) is 6.92 Å². The molecule has 0 aromatic heterocycles. The fourth-order valence-electron chi connectivity index (χ4n) is 1.35. The summed E-state index contributed by atoms with van der Waals surface area (Å²) in [4.78, 5) is 0. The third kappa shape index (κ3) is 1.66. The van der Waals surface area contributed by atoms with E-state index in [1.165, 1.54) is 0 Å². The van der Waals surface area contributed by atoms with Crippen molar-refractivity contribution in [2.75, 3.05) is 0 Å². The molecule has 0 unspecified atom stereocenters. The van der Waals surface area contributed by atoms with Gasteiger partial charge in [-0.25, -0.2) is 0 Å². The molecule has 3 atom stereocenters. The highest BCUT2D eigenvalue weighted by molar-refractivity contribution is 4.75. The lowest BCUT2D eigenvalue weighted by Gasteiger charge is -2.27. The molecule has 0 saturated heterocycles. The number of aliphatic hydroxyl groups is 2. The smallest absolute Gasteiger partial charge is 0.0567 e. The first-order valence-electron chi connectivity index (χ1n) is 3.56. The second-order valence-electron chi connectivity index (χ2n) is 3.01. The molecule has 1 saturated carbocycles. The molecule has 0 aromatic rings. The molecule has 9 heavy (non-hydrogen) atoms. The predicted molar refractivity (Wildman–Crippen MR) is 35.0 cm³/mol. The molecule has 2 heteroatoms. The van der Waals surface area contributed by atoms with Crippen LogP contribution >= 0.6 is 0 Å². The van der Waals surface area contributed by atoms with E-state index in [9.17, 15) is 5.11 Å². The molecule has 0 aliphatic heterocycles. The van der Waals surface area contributed by atoms with Crippen molar-refractivity contribution in [1.29, 1.82) is 0 Å². The zero-order valence-electron chi connectivity index (χ0n) is 5.75. The van der Waals surface area contributed by atoms with E-state index in [-0.39, 0.29) is 18.1 Å². The Morgan fingerprint density at radius 3 is 2.33 bits per heavy atom. The molecule has 1 aliphatic rings. The number of hydrogen-bond donors (Lipinski definition) is 2. The second-order valence-corrected chi connectivity index (χ2v) is 3.01. The highest BCUT2D eigenvalue weighted by atomic mass is 16.3. The van der Waals surface area contributed by atoms with E-state index >= 15 is 0 Å². The van der Waals surface area contributed by atoms with E-state index in [1.807, 2.05) is 6.92 Å². The van der Waals surface area contributed by atoms with Crippen molar-refractivity contribution in [2.24, 2.45) is 5.92 Å². The first-order valence-corrected chi connectivity index (χ1v) is 3.56. The molecule has 2 nitrogen and oxygen atoms in total. The van der Waals surface area contributed by atoms with Crippen LogP contribution in [0, 0.1) is 5.92 Å². The fraction of sp³-hybridized carbons (Fsp3) is 1.00. The Hall–Kier alpha value is -0.0800. The molecular formula is C7H14O2. The van der Waals surface area contributed by atoms with Crippen molar-refractivity contribution >= 4 is 0 Å². The van der Waals surface area contributed by atoms with Gasteiger partial charge in [-0.15, -0.1) is 0 Å². The third-order valence-electron chi connectivity index (χ3n) is 2.10. The molecule has 2 N–H and O–H groups in total. The Kier molecular flexibility index (Phi) is 2.09. The first kappa shape index (κ1) is 7.03. The predicted octanol–water partition coefficient (Wildman–Crippen LogP) is 0.528. The van der Waals surface area contributed by atoms with Crippen molar-refractivity contribution < 1.29 is 10.2 Å². The average Bonchev–Trinajstić information content (AvgIpc) is 1.80. The van der Waals surface area contributed by atoms with Gasteiger partial charge in [0.05, 0.1) is 12.2 Å². The molecule has 1 rings (SSSR count). The maximum absolute atomic E-state index is 9.18. The second kappa shape index (κ2) is 2.67. The Balaban J connectivity index is 2.35. The topological polar surface area (TPSA) is 40.5 Å². The van der Waals surface area contributed by atoms with E-state index in [0.717, 1.165) is 19.3 Å². The van der Waals surface area contributed by atoms with Gasteiger partial charge in [-0.05, 0) is 25.2 Å². The Labute approximate surface area is 55.5 Å². The summed E-state index contributed by atoms with van der Waals surface area (Å²) in [5.41, 5.74) is 0.